The first-order valence-electron chi connectivity index (χ1n) is 4.46. The molecule has 1 aromatic heterocycles. The standard InChI is InChI=1S/C10H10N2O2/c1-2-12-8-6-4-3-5-7(8)9(13)11-10(12)14/h3-6H,2H2,1H3,(H,11,13,14). The molecule has 0 spiro atoms. The molecule has 2 aromatic rings. The van der Waals surface area contributed by atoms with Crippen molar-refractivity contribution in [1.29, 1.82) is 0 Å². The second kappa shape index (κ2) is 3.14. The molecule has 72 valence electrons. The Morgan fingerprint density at radius 2 is 2.00 bits per heavy atom. The molecule has 0 unspecified atom stereocenters. The maximum absolute atomic E-state index is 11.4. The van der Waals surface area contributed by atoms with Crippen molar-refractivity contribution < 1.29 is 0 Å². The molecule has 0 saturated carbocycles. The second-order valence-corrected chi connectivity index (χ2v) is 3.02. The Labute approximate surface area is 79.8 Å². The Balaban J connectivity index is 3.06. The molecule has 4 nitrogen and oxygen atoms in total. The van der Waals surface area contributed by atoms with E-state index in [0.717, 1.165) is 0 Å². The lowest BCUT2D eigenvalue weighted by molar-refractivity contribution is 0.727. The van der Waals surface area contributed by atoms with Gasteiger partial charge in [-0.05, 0) is 19.1 Å². The van der Waals surface area contributed by atoms with E-state index in [2.05, 4.69) is 4.98 Å². The number of nitrogens with one attached hydrogen (secondary N) is 1. The van der Waals surface area contributed by atoms with E-state index in [0.29, 0.717) is 17.4 Å². The first-order chi connectivity index (χ1) is 6.74. The van der Waals surface area contributed by atoms with Crippen LogP contribution in [0.15, 0.2) is 33.9 Å². The van der Waals surface area contributed by atoms with E-state index in [-0.39, 0.29) is 11.2 Å². The van der Waals surface area contributed by atoms with Crippen LogP contribution in [0.3, 0.4) is 0 Å². The molecular formula is C10H10N2O2. The molecule has 0 amide bonds. The number of aryl methyl sites for hydroxylation is 1. The van der Waals surface area contributed by atoms with Gasteiger partial charge in [-0.15, -0.1) is 0 Å². The van der Waals surface area contributed by atoms with Gasteiger partial charge < -0.3 is 0 Å². The summed E-state index contributed by atoms with van der Waals surface area (Å²) in [5, 5.41) is 0.550. The third-order valence-corrected chi connectivity index (χ3v) is 2.22. The summed E-state index contributed by atoms with van der Waals surface area (Å²) >= 11 is 0. The minimum absolute atomic E-state index is 0.324. The molecule has 14 heavy (non-hydrogen) atoms. The lowest BCUT2D eigenvalue weighted by atomic mass is 10.2. The summed E-state index contributed by atoms with van der Waals surface area (Å²) in [4.78, 5) is 25.1. The number of hydrogen-bond acceptors (Lipinski definition) is 2. The molecule has 1 heterocycles. The summed E-state index contributed by atoms with van der Waals surface area (Å²) in [6.07, 6.45) is 0. The molecule has 0 fully saturated rings. The van der Waals surface area contributed by atoms with E-state index in [1.165, 1.54) is 4.57 Å². The zero-order valence-corrected chi connectivity index (χ0v) is 7.78. The number of H-pyrrole nitrogens is 1. The van der Waals surface area contributed by atoms with Crippen LogP contribution in [0.2, 0.25) is 0 Å². The highest BCUT2D eigenvalue weighted by Gasteiger charge is 2.03. The average Bonchev–Trinajstić information content (AvgIpc) is 2.18. The predicted molar refractivity (Wildman–Crippen MR) is 54.5 cm³/mol. The molecule has 1 aromatic carbocycles. The SMILES string of the molecule is CCn1c(=O)[nH]c(=O)c2ccccc21. The zero-order valence-electron chi connectivity index (χ0n) is 7.78. The van der Waals surface area contributed by atoms with Gasteiger partial charge in [0.15, 0.2) is 0 Å². The fourth-order valence-electron chi connectivity index (χ4n) is 1.56. The number of para-hydroxylation sites is 1. The summed E-state index contributed by atoms with van der Waals surface area (Å²) in [6, 6.07) is 7.07. The van der Waals surface area contributed by atoms with Gasteiger partial charge in [0.25, 0.3) is 5.56 Å². The topological polar surface area (TPSA) is 54.9 Å². The summed E-state index contributed by atoms with van der Waals surface area (Å²) < 4.78 is 1.54. The molecule has 1 N–H and O–H groups in total. The summed E-state index contributed by atoms with van der Waals surface area (Å²) in [6.45, 7) is 2.42. The van der Waals surface area contributed by atoms with Gasteiger partial charge in [-0.1, -0.05) is 12.1 Å². The Morgan fingerprint density at radius 3 is 2.71 bits per heavy atom. The van der Waals surface area contributed by atoms with Gasteiger partial charge in [-0.25, -0.2) is 4.79 Å². The van der Waals surface area contributed by atoms with E-state index < -0.39 is 0 Å². The Kier molecular flexibility index (Phi) is 1.96. The molecule has 0 aliphatic heterocycles. The quantitative estimate of drug-likeness (QED) is 0.720. The lowest BCUT2D eigenvalue weighted by Gasteiger charge is -2.05. The normalized spacial score (nSPS) is 10.6. The summed E-state index contributed by atoms with van der Waals surface area (Å²) in [7, 11) is 0. The largest absolute Gasteiger partial charge is 0.328 e. The van der Waals surface area contributed by atoms with Crippen molar-refractivity contribution in [3.05, 3.63) is 45.1 Å². The van der Waals surface area contributed by atoms with Gasteiger partial charge in [0.1, 0.15) is 0 Å². The minimum Gasteiger partial charge on any atom is -0.294 e. The van der Waals surface area contributed by atoms with Gasteiger partial charge in [0.05, 0.1) is 10.9 Å². The van der Waals surface area contributed by atoms with Crippen LogP contribution in [0.4, 0.5) is 0 Å². The van der Waals surface area contributed by atoms with Gasteiger partial charge in [0, 0.05) is 6.54 Å². The zero-order chi connectivity index (χ0) is 10.1. The van der Waals surface area contributed by atoms with E-state index in [1.807, 2.05) is 13.0 Å². The Bertz CT molecular complexity index is 580. The Hall–Kier alpha value is -1.84. The van der Waals surface area contributed by atoms with E-state index in [4.69, 9.17) is 0 Å². The first-order valence-corrected chi connectivity index (χ1v) is 4.46. The fraction of sp³-hybridized carbons (Fsp3) is 0.200. The first kappa shape index (κ1) is 8.74. The van der Waals surface area contributed by atoms with Crippen LogP contribution in [-0.2, 0) is 6.54 Å². The highest BCUT2D eigenvalue weighted by Crippen LogP contribution is 2.05. The molecule has 0 radical (unpaired) electrons. The van der Waals surface area contributed by atoms with Crippen LogP contribution < -0.4 is 11.2 Å². The molecule has 0 atom stereocenters. The fourth-order valence-corrected chi connectivity index (χ4v) is 1.56. The highest BCUT2D eigenvalue weighted by atomic mass is 16.2. The van der Waals surface area contributed by atoms with E-state index >= 15 is 0 Å². The maximum atomic E-state index is 11.4. The monoisotopic (exact) mass is 190 g/mol. The Morgan fingerprint density at radius 1 is 1.29 bits per heavy atom. The third-order valence-electron chi connectivity index (χ3n) is 2.22. The van der Waals surface area contributed by atoms with Crippen LogP contribution in [0.25, 0.3) is 10.9 Å². The van der Waals surface area contributed by atoms with E-state index in [9.17, 15) is 9.59 Å². The number of aromatic nitrogens is 2. The molecule has 0 bridgehead atoms. The van der Waals surface area contributed by atoms with Crippen LogP contribution in [0.5, 0.6) is 0 Å². The molecule has 4 heteroatoms. The van der Waals surface area contributed by atoms with Crippen molar-refractivity contribution in [3.8, 4) is 0 Å². The molecule has 0 aliphatic carbocycles. The number of nitrogens with zero attached hydrogens (tertiary/aromatic N) is 1. The molecule has 0 saturated heterocycles. The van der Waals surface area contributed by atoms with Crippen molar-refractivity contribution in [3.63, 3.8) is 0 Å². The van der Waals surface area contributed by atoms with Crippen molar-refractivity contribution >= 4 is 10.9 Å². The summed E-state index contributed by atoms with van der Waals surface area (Å²) in [5.41, 5.74) is 0.00949. The number of aromatic amines is 1. The van der Waals surface area contributed by atoms with Gasteiger partial charge in [0.2, 0.25) is 0 Å². The van der Waals surface area contributed by atoms with Crippen molar-refractivity contribution in [2.45, 2.75) is 13.5 Å². The smallest absolute Gasteiger partial charge is 0.294 e. The van der Waals surface area contributed by atoms with Crippen molar-refractivity contribution in [1.82, 2.24) is 9.55 Å². The van der Waals surface area contributed by atoms with Gasteiger partial charge in [-0.3, -0.25) is 14.3 Å². The van der Waals surface area contributed by atoms with Crippen molar-refractivity contribution in [2.24, 2.45) is 0 Å². The van der Waals surface area contributed by atoms with E-state index in [1.54, 1.807) is 18.2 Å². The van der Waals surface area contributed by atoms with Crippen molar-refractivity contribution in [2.75, 3.05) is 0 Å². The van der Waals surface area contributed by atoms with Crippen LogP contribution in [0, 0.1) is 0 Å². The second-order valence-electron chi connectivity index (χ2n) is 3.02. The predicted octanol–water partition coefficient (Wildman–Crippen LogP) is 0.710. The molecular weight excluding hydrogens is 180 g/mol. The third kappa shape index (κ3) is 1.16. The molecule has 2 rings (SSSR count). The van der Waals surface area contributed by atoms with Gasteiger partial charge in [-0.2, -0.15) is 0 Å². The maximum Gasteiger partial charge on any atom is 0.328 e. The lowest BCUT2D eigenvalue weighted by Crippen LogP contribution is -2.29. The number of fused-ring (bicyclic) bond motifs is 1. The number of hydrogen-bond donors (Lipinski definition) is 1. The summed E-state index contributed by atoms with van der Waals surface area (Å²) in [5.74, 6) is 0. The van der Waals surface area contributed by atoms with Crippen LogP contribution >= 0.6 is 0 Å². The average molecular weight is 190 g/mol. The number of benzene rings is 1. The highest BCUT2D eigenvalue weighted by molar-refractivity contribution is 5.77. The molecule has 0 aliphatic rings. The van der Waals surface area contributed by atoms with Gasteiger partial charge >= 0.3 is 5.69 Å². The minimum atomic E-state index is -0.351. The van der Waals surface area contributed by atoms with Crippen LogP contribution in [-0.4, -0.2) is 9.55 Å². The van der Waals surface area contributed by atoms with Crippen LogP contribution in [0.1, 0.15) is 6.92 Å². The number of rotatable bonds is 1.